The van der Waals surface area contributed by atoms with Crippen molar-refractivity contribution in [3.8, 4) is 0 Å². The number of nitrogens with zero attached hydrogens (tertiary/aromatic N) is 4. The maximum Gasteiger partial charge on any atom is 0.191 e. The monoisotopic (exact) mass is 494 g/mol. The second-order valence-corrected chi connectivity index (χ2v) is 7.87. The molecule has 0 amide bonds. The Bertz CT molecular complexity index is 593. The summed E-state index contributed by atoms with van der Waals surface area (Å²) >= 11 is 0. The van der Waals surface area contributed by atoms with E-state index in [1.165, 1.54) is 0 Å². The zero-order valence-corrected chi connectivity index (χ0v) is 19.7. The average molecular weight is 494 g/mol. The van der Waals surface area contributed by atoms with E-state index in [2.05, 4.69) is 46.6 Å². The lowest BCUT2D eigenvalue weighted by atomic mass is 9.89. The van der Waals surface area contributed by atoms with Crippen LogP contribution in [0.15, 0.2) is 4.99 Å². The average Bonchev–Trinajstić information content (AvgIpc) is 3.20. The van der Waals surface area contributed by atoms with Crippen LogP contribution in [0.25, 0.3) is 0 Å². The molecule has 2 heterocycles. The Balaban J connectivity index is 0.00000364. The summed E-state index contributed by atoms with van der Waals surface area (Å²) in [5.41, 5.74) is 0.0438. The van der Waals surface area contributed by atoms with Crippen molar-refractivity contribution in [2.24, 2.45) is 17.5 Å². The molecule has 0 radical (unpaired) electrons. The molecular formula is C18H35IN6O2. The molecule has 1 aliphatic rings. The van der Waals surface area contributed by atoms with Crippen LogP contribution in [0.1, 0.15) is 45.3 Å². The van der Waals surface area contributed by atoms with E-state index >= 15 is 0 Å². The summed E-state index contributed by atoms with van der Waals surface area (Å²) in [6, 6.07) is 0. The Hall–Kier alpha value is -0.940. The van der Waals surface area contributed by atoms with E-state index in [1.807, 2.05) is 18.5 Å². The van der Waals surface area contributed by atoms with Gasteiger partial charge in [0.25, 0.3) is 0 Å². The minimum Gasteiger partial charge on any atom is -0.379 e. The molecule has 0 saturated carbocycles. The van der Waals surface area contributed by atoms with Crippen LogP contribution in [0, 0.1) is 12.3 Å². The molecule has 2 atom stereocenters. The molecule has 0 bridgehead atoms. The third-order valence-corrected chi connectivity index (χ3v) is 4.79. The lowest BCUT2D eigenvalue weighted by molar-refractivity contribution is 0.0204. The molecule has 27 heavy (non-hydrogen) atoms. The smallest absolute Gasteiger partial charge is 0.191 e. The largest absolute Gasteiger partial charge is 0.379 e. The van der Waals surface area contributed by atoms with E-state index in [1.54, 1.807) is 7.11 Å². The highest BCUT2D eigenvalue weighted by atomic mass is 127. The minimum absolute atomic E-state index is 0. The van der Waals surface area contributed by atoms with Crippen LogP contribution < -0.4 is 10.6 Å². The van der Waals surface area contributed by atoms with Crippen LogP contribution in [-0.4, -0.2) is 59.7 Å². The predicted octanol–water partition coefficient (Wildman–Crippen LogP) is 2.02. The van der Waals surface area contributed by atoms with Gasteiger partial charge in [0.2, 0.25) is 0 Å². The number of aromatic nitrogens is 3. The van der Waals surface area contributed by atoms with E-state index < -0.39 is 0 Å². The molecule has 8 nitrogen and oxygen atoms in total. The second-order valence-electron chi connectivity index (χ2n) is 7.87. The van der Waals surface area contributed by atoms with Crippen LogP contribution in [0.2, 0.25) is 0 Å². The summed E-state index contributed by atoms with van der Waals surface area (Å²) in [4.78, 5) is 4.68. The molecule has 0 spiro atoms. The molecule has 0 aromatic carbocycles. The molecular weight excluding hydrogens is 459 g/mol. The van der Waals surface area contributed by atoms with Crippen molar-refractivity contribution in [1.29, 1.82) is 0 Å². The third kappa shape index (κ3) is 7.53. The Kier molecular flexibility index (Phi) is 9.96. The van der Waals surface area contributed by atoms with Crippen molar-refractivity contribution in [1.82, 2.24) is 25.4 Å². The van der Waals surface area contributed by atoms with E-state index in [4.69, 9.17) is 9.47 Å². The molecule has 1 aliphatic heterocycles. The van der Waals surface area contributed by atoms with Crippen molar-refractivity contribution in [3.63, 3.8) is 0 Å². The van der Waals surface area contributed by atoms with Gasteiger partial charge in [-0.3, -0.25) is 0 Å². The summed E-state index contributed by atoms with van der Waals surface area (Å²) in [6.07, 6.45) is 2.54. The Morgan fingerprint density at radius 3 is 2.63 bits per heavy atom. The zero-order chi connectivity index (χ0) is 19.2. The van der Waals surface area contributed by atoms with Gasteiger partial charge in [0, 0.05) is 33.9 Å². The molecule has 2 unspecified atom stereocenters. The fourth-order valence-corrected chi connectivity index (χ4v) is 2.86. The topological polar surface area (TPSA) is 85.6 Å². The molecule has 9 heteroatoms. The van der Waals surface area contributed by atoms with E-state index in [0.717, 1.165) is 43.6 Å². The summed E-state index contributed by atoms with van der Waals surface area (Å²) in [6.45, 7) is 11.2. The van der Waals surface area contributed by atoms with Gasteiger partial charge in [-0.2, -0.15) is 0 Å². The van der Waals surface area contributed by atoms with Gasteiger partial charge in [-0.25, -0.2) is 4.99 Å². The molecule has 1 aromatic heterocycles. The SMILES string of the molecule is COC(CNC(=NCc1nnc(C)n1C)NCC1CCCO1)C(C)(C)C.I. The van der Waals surface area contributed by atoms with Gasteiger partial charge in [0.1, 0.15) is 12.4 Å². The predicted molar refractivity (Wildman–Crippen MR) is 118 cm³/mol. The van der Waals surface area contributed by atoms with Gasteiger partial charge in [0.15, 0.2) is 11.8 Å². The number of nitrogens with one attached hydrogen (secondary N) is 2. The number of hydrogen-bond donors (Lipinski definition) is 2. The maximum atomic E-state index is 5.69. The van der Waals surface area contributed by atoms with Crippen LogP contribution in [0.4, 0.5) is 0 Å². The summed E-state index contributed by atoms with van der Waals surface area (Å²) in [7, 11) is 3.70. The number of rotatable bonds is 7. The second kappa shape index (κ2) is 11.2. The van der Waals surface area contributed by atoms with Crippen LogP contribution in [-0.2, 0) is 23.1 Å². The normalized spacial score (nSPS) is 18.9. The van der Waals surface area contributed by atoms with Crippen molar-refractivity contribution < 1.29 is 9.47 Å². The Labute approximate surface area is 179 Å². The summed E-state index contributed by atoms with van der Waals surface area (Å²) in [5, 5.41) is 15.1. The molecule has 0 aliphatic carbocycles. The maximum absolute atomic E-state index is 5.69. The summed E-state index contributed by atoms with van der Waals surface area (Å²) in [5.74, 6) is 2.46. The summed E-state index contributed by atoms with van der Waals surface area (Å²) < 4.78 is 13.3. The number of ether oxygens (including phenoxy) is 2. The van der Waals surface area contributed by atoms with E-state index in [9.17, 15) is 0 Å². The number of guanidine groups is 1. The van der Waals surface area contributed by atoms with Gasteiger partial charge in [-0.15, -0.1) is 34.2 Å². The van der Waals surface area contributed by atoms with Gasteiger partial charge >= 0.3 is 0 Å². The van der Waals surface area contributed by atoms with Crippen LogP contribution in [0.5, 0.6) is 0 Å². The zero-order valence-electron chi connectivity index (χ0n) is 17.4. The third-order valence-electron chi connectivity index (χ3n) is 4.79. The fourth-order valence-electron chi connectivity index (χ4n) is 2.86. The number of halogens is 1. The molecule has 156 valence electrons. The van der Waals surface area contributed by atoms with Gasteiger partial charge < -0.3 is 24.7 Å². The van der Waals surface area contributed by atoms with Gasteiger partial charge in [0.05, 0.1) is 12.2 Å². The highest BCUT2D eigenvalue weighted by Gasteiger charge is 2.24. The standard InChI is InChI=1S/C18H34N6O2.HI/c1-13-22-23-16(24(13)5)12-21-17(19-10-14-8-7-9-26-14)20-11-15(25-6)18(2,3)4;/h14-15H,7-12H2,1-6H3,(H2,19,20,21);1H. The molecule has 1 fully saturated rings. The Morgan fingerprint density at radius 1 is 1.37 bits per heavy atom. The highest BCUT2D eigenvalue weighted by Crippen LogP contribution is 2.20. The number of aryl methyl sites for hydroxylation is 1. The number of methoxy groups -OCH3 is 1. The van der Waals surface area contributed by atoms with E-state index in [-0.39, 0.29) is 41.6 Å². The highest BCUT2D eigenvalue weighted by molar-refractivity contribution is 14.0. The quantitative estimate of drug-likeness (QED) is 0.343. The van der Waals surface area contributed by atoms with Crippen LogP contribution >= 0.6 is 24.0 Å². The van der Waals surface area contributed by atoms with Crippen molar-refractivity contribution >= 4 is 29.9 Å². The van der Waals surface area contributed by atoms with Crippen molar-refractivity contribution in [3.05, 3.63) is 11.6 Å². The molecule has 1 saturated heterocycles. The first-order valence-electron chi connectivity index (χ1n) is 9.32. The first-order valence-corrected chi connectivity index (χ1v) is 9.32. The number of aliphatic imine (C=N–C) groups is 1. The van der Waals surface area contributed by atoms with Crippen molar-refractivity contribution in [2.45, 2.75) is 59.3 Å². The molecule has 1 aromatic rings. The minimum atomic E-state index is 0. The molecule has 2 N–H and O–H groups in total. The lowest BCUT2D eigenvalue weighted by Crippen LogP contribution is -2.47. The Morgan fingerprint density at radius 2 is 2.11 bits per heavy atom. The van der Waals surface area contributed by atoms with Gasteiger partial charge in [-0.05, 0) is 25.2 Å². The lowest BCUT2D eigenvalue weighted by Gasteiger charge is -2.30. The first kappa shape index (κ1) is 24.1. The number of hydrogen-bond acceptors (Lipinski definition) is 5. The van der Waals surface area contributed by atoms with Gasteiger partial charge in [-0.1, -0.05) is 20.8 Å². The fraction of sp³-hybridized carbons (Fsp3) is 0.833. The van der Waals surface area contributed by atoms with E-state index in [0.29, 0.717) is 13.1 Å². The van der Waals surface area contributed by atoms with Crippen molar-refractivity contribution in [2.75, 3.05) is 26.8 Å². The van der Waals surface area contributed by atoms with Crippen LogP contribution in [0.3, 0.4) is 0 Å². The first-order chi connectivity index (χ1) is 12.3. The molecule has 2 rings (SSSR count).